The smallest absolute Gasteiger partial charge is 0.226 e. The lowest BCUT2D eigenvalue weighted by Gasteiger charge is -2.30. The fraction of sp³-hybridized carbons (Fsp3) is 0.923. The zero-order valence-electron chi connectivity index (χ0n) is 10.7. The van der Waals surface area contributed by atoms with Gasteiger partial charge in [0.25, 0.3) is 0 Å². The van der Waals surface area contributed by atoms with Crippen molar-refractivity contribution in [2.24, 2.45) is 11.1 Å². The molecule has 2 saturated carbocycles. The number of hydrogen-bond donors (Lipinski definition) is 2. The third kappa shape index (κ3) is 3.59. The van der Waals surface area contributed by atoms with Crippen LogP contribution in [-0.2, 0) is 4.79 Å². The molecule has 0 aromatic heterocycles. The molecule has 0 aromatic carbocycles. The van der Waals surface area contributed by atoms with Crippen LogP contribution in [0, 0.1) is 5.41 Å². The van der Waals surface area contributed by atoms with Crippen LogP contribution in [0.2, 0.25) is 0 Å². The minimum atomic E-state index is -0.0838. The maximum Gasteiger partial charge on any atom is 0.226 e. The first kappa shape index (κ1) is 14.8. The van der Waals surface area contributed by atoms with Crippen molar-refractivity contribution in [2.75, 3.05) is 0 Å². The first-order valence-corrected chi connectivity index (χ1v) is 6.67. The summed E-state index contributed by atoms with van der Waals surface area (Å²) in [6.07, 6.45) is 8.77. The third-order valence-electron chi connectivity index (χ3n) is 4.36. The molecule has 17 heavy (non-hydrogen) atoms. The summed E-state index contributed by atoms with van der Waals surface area (Å²) in [4.78, 5) is 12.2. The molecule has 100 valence electrons. The molecule has 0 atom stereocenters. The third-order valence-corrected chi connectivity index (χ3v) is 4.36. The Hall–Kier alpha value is -0.280. The van der Waals surface area contributed by atoms with Gasteiger partial charge in [-0.05, 0) is 38.5 Å². The molecular formula is C13H25ClN2O. The molecule has 2 aliphatic carbocycles. The van der Waals surface area contributed by atoms with Gasteiger partial charge in [-0.25, -0.2) is 0 Å². The number of hydrogen-bond acceptors (Lipinski definition) is 2. The molecule has 2 rings (SSSR count). The average Bonchev–Trinajstić information content (AvgIpc) is 2.70. The first-order valence-electron chi connectivity index (χ1n) is 6.67. The number of carbonyl (C=O) groups is 1. The number of carbonyl (C=O) groups excluding carboxylic acids is 1. The highest BCUT2D eigenvalue weighted by Gasteiger charge is 2.37. The highest BCUT2D eigenvalue weighted by Crippen LogP contribution is 2.37. The lowest BCUT2D eigenvalue weighted by molar-refractivity contribution is -0.130. The van der Waals surface area contributed by atoms with E-state index in [1.54, 1.807) is 0 Å². The van der Waals surface area contributed by atoms with Crippen LogP contribution in [0.4, 0.5) is 0 Å². The van der Waals surface area contributed by atoms with Crippen molar-refractivity contribution in [3.63, 3.8) is 0 Å². The average molecular weight is 261 g/mol. The molecule has 2 aliphatic rings. The van der Waals surface area contributed by atoms with Gasteiger partial charge >= 0.3 is 0 Å². The minimum absolute atomic E-state index is 0. The predicted octanol–water partition coefficient (Wildman–Crippen LogP) is 2.37. The summed E-state index contributed by atoms with van der Waals surface area (Å²) in [5, 5.41) is 3.23. The van der Waals surface area contributed by atoms with Gasteiger partial charge in [-0.1, -0.05) is 19.8 Å². The predicted molar refractivity (Wildman–Crippen MR) is 72.2 cm³/mol. The molecule has 0 bridgehead atoms. The lowest BCUT2D eigenvalue weighted by atomic mass is 9.86. The summed E-state index contributed by atoms with van der Waals surface area (Å²) in [6, 6.07) is 0.736. The van der Waals surface area contributed by atoms with Crippen LogP contribution in [0.25, 0.3) is 0 Å². The summed E-state index contributed by atoms with van der Waals surface area (Å²) in [7, 11) is 0. The molecule has 0 spiro atoms. The van der Waals surface area contributed by atoms with Crippen LogP contribution < -0.4 is 11.1 Å². The summed E-state index contributed by atoms with van der Waals surface area (Å²) in [5.41, 5.74) is 5.78. The molecule has 0 radical (unpaired) electrons. The van der Waals surface area contributed by atoms with Gasteiger partial charge in [-0.3, -0.25) is 4.79 Å². The Morgan fingerprint density at radius 1 is 1.18 bits per heavy atom. The maximum absolute atomic E-state index is 12.2. The fourth-order valence-electron chi connectivity index (χ4n) is 3.01. The minimum Gasteiger partial charge on any atom is -0.353 e. The Kier molecular flexibility index (Phi) is 5.26. The van der Waals surface area contributed by atoms with Gasteiger partial charge < -0.3 is 11.1 Å². The number of nitrogens with two attached hydrogens (primary N) is 1. The number of rotatable bonds is 2. The van der Waals surface area contributed by atoms with Crippen molar-refractivity contribution in [3.05, 3.63) is 0 Å². The molecule has 1 amide bonds. The second kappa shape index (κ2) is 6.05. The number of halogens is 1. The van der Waals surface area contributed by atoms with Crippen molar-refractivity contribution in [2.45, 2.75) is 70.4 Å². The van der Waals surface area contributed by atoms with E-state index < -0.39 is 0 Å². The second-order valence-electron chi connectivity index (χ2n) is 5.85. The largest absolute Gasteiger partial charge is 0.353 e. The van der Waals surface area contributed by atoms with E-state index in [4.69, 9.17) is 5.73 Å². The Labute approximate surface area is 110 Å². The second-order valence-corrected chi connectivity index (χ2v) is 5.85. The van der Waals surface area contributed by atoms with Crippen LogP contribution >= 0.6 is 12.4 Å². The van der Waals surface area contributed by atoms with Crippen LogP contribution in [-0.4, -0.2) is 18.0 Å². The molecule has 0 unspecified atom stereocenters. The fourth-order valence-corrected chi connectivity index (χ4v) is 3.01. The van der Waals surface area contributed by atoms with E-state index in [-0.39, 0.29) is 23.7 Å². The van der Waals surface area contributed by atoms with Crippen molar-refractivity contribution in [3.8, 4) is 0 Å². The summed E-state index contributed by atoms with van der Waals surface area (Å²) in [6.45, 7) is 2.11. The van der Waals surface area contributed by atoms with Crippen LogP contribution in [0.1, 0.15) is 58.3 Å². The molecule has 4 heteroatoms. The summed E-state index contributed by atoms with van der Waals surface area (Å²) < 4.78 is 0. The number of amides is 1. The molecule has 0 aliphatic heterocycles. The highest BCUT2D eigenvalue weighted by atomic mass is 35.5. The number of nitrogens with one attached hydrogen (secondary N) is 1. The molecule has 0 aromatic rings. The van der Waals surface area contributed by atoms with Crippen molar-refractivity contribution >= 4 is 18.3 Å². The Bertz CT molecular complexity index is 256. The molecule has 3 nitrogen and oxygen atoms in total. The maximum atomic E-state index is 12.2. The standard InChI is InChI=1S/C13H24N2O.ClH/c1-13(8-2-3-9-13)12(16)15-11-6-4-10(14)5-7-11;/h10-11H,2-9,14H2,1H3,(H,15,16);1H. The quantitative estimate of drug-likeness (QED) is 0.801. The van der Waals surface area contributed by atoms with Crippen molar-refractivity contribution in [1.82, 2.24) is 5.32 Å². The molecule has 2 fully saturated rings. The van der Waals surface area contributed by atoms with Crippen LogP contribution in [0.15, 0.2) is 0 Å². The zero-order valence-corrected chi connectivity index (χ0v) is 11.5. The van der Waals surface area contributed by atoms with E-state index in [9.17, 15) is 4.79 Å². The van der Waals surface area contributed by atoms with Gasteiger partial charge in [-0.2, -0.15) is 0 Å². The zero-order chi connectivity index (χ0) is 11.6. The molecule has 3 N–H and O–H groups in total. The van der Waals surface area contributed by atoms with Gasteiger partial charge in [0, 0.05) is 17.5 Å². The summed E-state index contributed by atoms with van der Waals surface area (Å²) >= 11 is 0. The molecule has 0 saturated heterocycles. The van der Waals surface area contributed by atoms with E-state index in [1.165, 1.54) is 12.8 Å². The topological polar surface area (TPSA) is 55.1 Å². The monoisotopic (exact) mass is 260 g/mol. The normalized spacial score (nSPS) is 31.6. The van der Waals surface area contributed by atoms with E-state index >= 15 is 0 Å². The van der Waals surface area contributed by atoms with Gasteiger partial charge in [0.15, 0.2) is 0 Å². The Morgan fingerprint density at radius 3 is 2.24 bits per heavy atom. The van der Waals surface area contributed by atoms with Crippen LogP contribution in [0.5, 0.6) is 0 Å². The van der Waals surface area contributed by atoms with Gasteiger partial charge in [-0.15, -0.1) is 12.4 Å². The molecule has 0 heterocycles. The molecular weight excluding hydrogens is 236 g/mol. The van der Waals surface area contributed by atoms with E-state index in [0.29, 0.717) is 12.1 Å². The first-order chi connectivity index (χ1) is 7.60. The Balaban J connectivity index is 0.00000144. The van der Waals surface area contributed by atoms with Crippen molar-refractivity contribution < 1.29 is 4.79 Å². The van der Waals surface area contributed by atoms with E-state index in [0.717, 1.165) is 38.5 Å². The van der Waals surface area contributed by atoms with Gasteiger partial charge in [0.2, 0.25) is 5.91 Å². The van der Waals surface area contributed by atoms with Gasteiger partial charge in [0.05, 0.1) is 0 Å². The lowest BCUT2D eigenvalue weighted by Crippen LogP contribution is -2.45. The van der Waals surface area contributed by atoms with E-state index in [2.05, 4.69) is 12.2 Å². The SMILES string of the molecule is CC1(C(=O)NC2CCC(N)CC2)CCCC1.Cl. The summed E-state index contributed by atoms with van der Waals surface area (Å²) in [5.74, 6) is 0.283. The Morgan fingerprint density at radius 2 is 1.71 bits per heavy atom. The van der Waals surface area contributed by atoms with Gasteiger partial charge in [0.1, 0.15) is 0 Å². The van der Waals surface area contributed by atoms with Crippen molar-refractivity contribution in [1.29, 1.82) is 0 Å². The van der Waals surface area contributed by atoms with Crippen LogP contribution in [0.3, 0.4) is 0 Å². The van der Waals surface area contributed by atoms with E-state index in [1.807, 2.05) is 0 Å². The highest BCUT2D eigenvalue weighted by molar-refractivity contribution is 5.85.